The van der Waals surface area contributed by atoms with E-state index >= 15 is 0 Å². The van der Waals surface area contributed by atoms with Gasteiger partial charge in [-0.3, -0.25) is 0 Å². The van der Waals surface area contributed by atoms with E-state index in [-0.39, 0.29) is 25.7 Å². The first kappa shape index (κ1) is 43.2. The van der Waals surface area contributed by atoms with Gasteiger partial charge in [0.2, 0.25) is 0 Å². The summed E-state index contributed by atoms with van der Waals surface area (Å²) in [4.78, 5) is 22.5. The van der Waals surface area contributed by atoms with E-state index in [1.165, 1.54) is 22.3 Å². The molecule has 3 rings (SSSR count). The second-order valence-corrected chi connectivity index (χ2v) is 11.2. The normalized spacial score (nSPS) is 12.2. The molecule has 15 heteroatoms. The molecule has 0 atom stereocenters. The molecule has 0 saturated carbocycles. The molecular weight excluding hydrogens is 682 g/mol. The van der Waals surface area contributed by atoms with E-state index in [9.17, 15) is 9.59 Å². The summed E-state index contributed by atoms with van der Waals surface area (Å²) < 4.78 is 59.3. The monoisotopic (exact) mass is 737 g/mol. The van der Waals surface area contributed by atoms with Gasteiger partial charge in [-0.1, -0.05) is 48.5 Å². The van der Waals surface area contributed by atoms with Crippen molar-refractivity contribution in [2.24, 2.45) is 0 Å². The highest BCUT2D eigenvalue weighted by Crippen LogP contribution is 2.44. The van der Waals surface area contributed by atoms with Gasteiger partial charge in [-0.2, -0.15) is 0 Å². The van der Waals surface area contributed by atoms with E-state index in [1.54, 1.807) is 0 Å². The molecule has 15 nitrogen and oxygen atoms in total. The van der Waals surface area contributed by atoms with Crippen LogP contribution in [0.5, 0.6) is 0 Å². The molecule has 2 aromatic carbocycles. The Hall–Kier alpha value is -3.22. The Morgan fingerprint density at radius 2 is 0.808 bits per heavy atom. The lowest BCUT2D eigenvalue weighted by Gasteiger charge is -2.14. The van der Waals surface area contributed by atoms with Crippen LogP contribution in [0.1, 0.15) is 17.0 Å². The Balaban J connectivity index is 0.961. The second-order valence-electron chi connectivity index (χ2n) is 11.2. The Labute approximate surface area is 306 Å². The summed E-state index contributed by atoms with van der Waals surface area (Å²) in [5.41, 5.74) is 4.75. The minimum Gasteiger partial charge on any atom is -0.480 e. The number of carbonyl (C=O) groups excluding carboxylic acids is 1. The molecule has 0 aliphatic heterocycles. The Morgan fingerprint density at radius 1 is 0.481 bits per heavy atom. The zero-order valence-corrected chi connectivity index (χ0v) is 30.0. The highest BCUT2D eigenvalue weighted by atomic mass is 16.6. The summed E-state index contributed by atoms with van der Waals surface area (Å²) in [6.07, 6.45) is -0.458. The Kier molecular flexibility index (Phi) is 24.3. The van der Waals surface area contributed by atoms with Crippen LogP contribution in [0.3, 0.4) is 0 Å². The lowest BCUT2D eigenvalue weighted by Crippen LogP contribution is -2.29. The summed E-state index contributed by atoms with van der Waals surface area (Å²) in [5.74, 6) is -0.968. The summed E-state index contributed by atoms with van der Waals surface area (Å²) >= 11 is 0. The van der Waals surface area contributed by atoms with Crippen LogP contribution in [0, 0.1) is 0 Å². The molecule has 0 saturated heterocycles. The van der Waals surface area contributed by atoms with E-state index < -0.39 is 12.1 Å². The van der Waals surface area contributed by atoms with Gasteiger partial charge in [-0.25, -0.2) is 9.59 Å². The standard InChI is InChI=1S/C37H55NO14/c39-36(40)30-51-28-27-50-26-25-49-24-23-48-22-21-47-20-19-46-18-17-45-16-15-44-14-13-43-12-11-42-10-9-38-37(41)52-29-35-33-7-3-1-5-31(33)32-6-2-4-8-34(32)35/h1-8,35H,9-30H2,(H,38,41)(H,39,40). The van der Waals surface area contributed by atoms with Gasteiger partial charge in [0, 0.05) is 12.5 Å². The minimum absolute atomic E-state index is 0.0322. The van der Waals surface area contributed by atoms with Gasteiger partial charge in [-0.05, 0) is 22.3 Å². The molecule has 1 aliphatic rings. The van der Waals surface area contributed by atoms with Crippen molar-refractivity contribution in [3.05, 3.63) is 59.7 Å². The molecule has 0 bridgehead atoms. The van der Waals surface area contributed by atoms with Crippen LogP contribution in [-0.4, -0.2) is 162 Å². The van der Waals surface area contributed by atoms with Gasteiger partial charge in [0.15, 0.2) is 0 Å². The van der Waals surface area contributed by atoms with E-state index in [1.807, 2.05) is 24.3 Å². The van der Waals surface area contributed by atoms with Crippen LogP contribution in [-0.2, 0) is 56.9 Å². The number of carbonyl (C=O) groups is 2. The number of alkyl carbamates (subject to hydrolysis) is 1. The van der Waals surface area contributed by atoms with Gasteiger partial charge in [0.25, 0.3) is 0 Å². The number of hydrogen-bond donors (Lipinski definition) is 2. The van der Waals surface area contributed by atoms with Crippen molar-refractivity contribution in [1.82, 2.24) is 5.32 Å². The van der Waals surface area contributed by atoms with Gasteiger partial charge < -0.3 is 62.5 Å². The predicted molar refractivity (Wildman–Crippen MR) is 189 cm³/mol. The number of carboxylic acids is 1. The van der Waals surface area contributed by atoms with Crippen molar-refractivity contribution in [3.63, 3.8) is 0 Å². The number of ether oxygens (including phenoxy) is 11. The summed E-state index contributed by atoms with van der Waals surface area (Å²) in [6.45, 7) is 8.50. The minimum atomic E-state index is -1.000. The topological polar surface area (TPSA) is 168 Å². The van der Waals surface area contributed by atoms with Gasteiger partial charge in [0.1, 0.15) is 13.2 Å². The molecule has 0 spiro atoms. The fourth-order valence-electron chi connectivity index (χ4n) is 5.01. The summed E-state index contributed by atoms with van der Waals surface area (Å²) in [7, 11) is 0. The number of nitrogens with one attached hydrogen (secondary N) is 1. The van der Waals surface area contributed by atoms with E-state index in [0.717, 1.165) is 0 Å². The Bertz CT molecular complexity index is 1170. The molecule has 1 aliphatic carbocycles. The number of fused-ring (bicyclic) bond motifs is 3. The molecule has 1 amide bonds. The molecule has 2 aromatic rings. The van der Waals surface area contributed by atoms with Crippen LogP contribution in [0.25, 0.3) is 11.1 Å². The number of carboxylic acid groups (broad SMARTS) is 1. The van der Waals surface area contributed by atoms with Crippen LogP contribution >= 0.6 is 0 Å². The van der Waals surface area contributed by atoms with Gasteiger partial charge in [0.05, 0.1) is 126 Å². The van der Waals surface area contributed by atoms with Crippen LogP contribution in [0.4, 0.5) is 4.79 Å². The third-order valence-electron chi connectivity index (χ3n) is 7.43. The quantitative estimate of drug-likeness (QED) is 0.101. The molecule has 0 heterocycles. The fraction of sp³-hybridized carbons (Fsp3) is 0.622. The van der Waals surface area contributed by atoms with Crippen LogP contribution in [0.2, 0.25) is 0 Å². The largest absolute Gasteiger partial charge is 0.480 e. The highest BCUT2D eigenvalue weighted by molar-refractivity contribution is 5.79. The first-order valence-corrected chi connectivity index (χ1v) is 17.7. The number of amides is 1. The lowest BCUT2D eigenvalue weighted by atomic mass is 9.98. The summed E-state index contributed by atoms with van der Waals surface area (Å²) in [6, 6.07) is 16.5. The maximum absolute atomic E-state index is 12.2. The molecule has 2 N–H and O–H groups in total. The van der Waals surface area contributed by atoms with Gasteiger partial charge >= 0.3 is 12.1 Å². The summed E-state index contributed by atoms with van der Waals surface area (Å²) in [5, 5.41) is 11.2. The van der Waals surface area contributed by atoms with Crippen molar-refractivity contribution >= 4 is 12.1 Å². The predicted octanol–water partition coefficient (Wildman–Crippen LogP) is 2.78. The molecule has 0 aromatic heterocycles. The van der Waals surface area contributed by atoms with E-state index in [2.05, 4.69) is 29.6 Å². The third-order valence-corrected chi connectivity index (χ3v) is 7.43. The average molecular weight is 738 g/mol. The van der Waals surface area contributed by atoms with Crippen LogP contribution in [0.15, 0.2) is 48.5 Å². The maximum Gasteiger partial charge on any atom is 0.407 e. The molecular formula is C37H55NO14. The maximum atomic E-state index is 12.2. The van der Waals surface area contributed by atoms with Gasteiger partial charge in [-0.15, -0.1) is 0 Å². The van der Waals surface area contributed by atoms with Crippen molar-refractivity contribution in [1.29, 1.82) is 0 Å². The van der Waals surface area contributed by atoms with Crippen molar-refractivity contribution in [3.8, 4) is 11.1 Å². The molecule has 292 valence electrons. The number of benzene rings is 2. The zero-order valence-electron chi connectivity index (χ0n) is 30.0. The molecule has 0 fully saturated rings. The van der Waals surface area contributed by atoms with Crippen molar-refractivity contribution in [2.75, 3.05) is 145 Å². The van der Waals surface area contributed by atoms with Crippen LogP contribution < -0.4 is 5.32 Å². The highest BCUT2D eigenvalue weighted by Gasteiger charge is 2.28. The molecule has 52 heavy (non-hydrogen) atoms. The first-order valence-electron chi connectivity index (χ1n) is 17.7. The number of hydrogen-bond acceptors (Lipinski definition) is 13. The smallest absolute Gasteiger partial charge is 0.407 e. The average Bonchev–Trinajstić information content (AvgIpc) is 3.47. The fourth-order valence-corrected chi connectivity index (χ4v) is 5.01. The second kappa shape index (κ2) is 29.3. The van der Waals surface area contributed by atoms with Crippen molar-refractivity contribution < 1.29 is 66.8 Å². The number of rotatable bonds is 34. The first-order chi connectivity index (χ1) is 25.7. The van der Waals surface area contributed by atoms with E-state index in [0.29, 0.717) is 125 Å². The van der Waals surface area contributed by atoms with Crippen molar-refractivity contribution in [2.45, 2.75) is 5.92 Å². The Morgan fingerprint density at radius 3 is 1.17 bits per heavy atom. The lowest BCUT2D eigenvalue weighted by molar-refractivity contribution is -0.142. The van der Waals surface area contributed by atoms with E-state index in [4.69, 9.17) is 57.2 Å². The SMILES string of the molecule is O=C(O)COCCOCCOCCOCCOCCOCCOCCOCCOCCOCCNC(=O)OCC1c2ccccc2-c2ccccc21. The molecule has 0 unspecified atom stereocenters. The number of aliphatic carboxylic acids is 1. The molecule has 0 radical (unpaired) electrons. The zero-order chi connectivity index (χ0) is 36.7. The third kappa shape index (κ3) is 19.6.